The summed E-state index contributed by atoms with van der Waals surface area (Å²) in [6.45, 7) is 1.08. The Kier molecular flexibility index (Phi) is 3.23. The maximum absolute atomic E-state index is 14.6. The van der Waals surface area contributed by atoms with Crippen LogP contribution in [0.5, 0.6) is 0 Å². The van der Waals surface area contributed by atoms with Gasteiger partial charge in [0.15, 0.2) is 23.0 Å². The Balaban J connectivity index is 1.63. The number of nitrogens with one attached hydrogen (secondary N) is 1. The van der Waals surface area contributed by atoms with E-state index in [0.29, 0.717) is 19.0 Å². The monoisotopic (exact) mass is 354 g/mol. The number of ether oxygens (including phenoxy) is 2. The third-order valence-corrected chi connectivity index (χ3v) is 4.96. The van der Waals surface area contributed by atoms with Gasteiger partial charge >= 0.3 is 5.97 Å². The molecule has 0 aliphatic carbocycles. The van der Waals surface area contributed by atoms with Crippen LogP contribution in [0.25, 0.3) is 22.3 Å². The molecule has 8 heteroatoms. The van der Waals surface area contributed by atoms with Gasteiger partial charge in [-0.2, -0.15) is 0 Å². The average Bonchev–Trinajstić information content (AvgIpc) is 3.16. The largest absolute Gasteiger partial charge is 0.461 e. The summed E-state index contributed by atoms with van der Waals surface area (Å²) in [5.74, 6) is -0.483. The van der Waals surface area contributed by atoms with Crippen LogP contribution in [-0.4, -0.2) is 52.8 Å². The Morgan fingerprint density at radius 1 is 1.27 bits per heavy atom. The molecule has 1 atom stereocenters. The summed E-state index contributed by atoms with van der Waals surface area (Å²) in [4.78, 5) is 25.5. The molecule has 7 nitrogen and oxygen atoms in total. The SMILES string of the molecule is O=C1OCC12COCCN2c1nc(-c2cccc3[nH]ccc23)ncc1F. The second kappa shape index (κ2) is 5.50. The van der Waals surface area contributed by atoms with E-state index in [-0.39, 0.29) is 19.0 Å². The van der Waals surface area contributed by atoms with Crippen molar-refractivity contribution in [2.24, 2.45) is 0 Å². The van der Waals surface area contributed by atoms with Crippen LogP contribution in [0.2, 0.25) is 0 Å². The minimum Gasteiger partial charge on any atom is -0.461 e. The number of carbonyl (C=O) groups is 1. The molecular weight excluding hydrogens is 339 g/mol. The van der Waals surface area contributed by atoms with Gasteiger partial charge in [0.25, 0.3) is 0 Å². The van der Waals surface area contributed by atoms with E-state index in [1.54, 1.807) is 4.90 Å². The summed E-state index contributed by atoms with van der Waals surface area (Å²) in [6, 6.07) is 7.65. The number of fused-ring (bicyclic) bond motifs is 1. The van der Waals surface area contributed by atoms with Crippen LogP contribution in [0.15, 0.2) is 36.7 Å². The fraction of sp³-hybridized carbons (Fsp3) is 0.278. The highest BCUT2D eigenvalue weighted by Crippen LogP contribution is 2.35. The number of nitrogens with zero attached hydrogens (tertiary/aromatic N) is 3. The smallest absolute Gasteiger partial charge is 0.338 e. The van der Waals surface area contributed by atoms with Crippen LogP contribution < -0.4 is 4.90 Å². The molecule has 2 aromatic heterocycles. The molecule has 5 rings (SSSR count). The fourth-order valence-corrected chi connectivity index (χ4v) is 3.54. The molecule has 2 aliphatic rings. The number of carbonyl (C=O) groups excluding carboxylic acids is 1. The van der Waals surface area contributed by atoms with Crippen LogP contribution in [-0.2, 0) is 14.3 Å². The van der Waals surface area contributed by atoms with E-state index in [1.165, 1.54) is 0 Å². The first-order chi connectivity index (χ1) is 12.7. The highest BCUT2D eigenvalue weighted by atomic mass is 19.1. The summed E-state index contributed by atoms with van der Waals surface area (Å²) in [7, 11) is 0. The van der Waals surface area contributed by atoms with E-state index in [2.05, 4.69) is 15.0 Å². The van der Waals surface area contributed by atoms with Gasteiger partial charge in [0.2, 0.25) is 0 Å². The molecular formula is C18H15FN4O3. The van der Waals surface area contributed by atoms with Gasteiger partial charge in [0.1, 0.15) is 6.61 Å². The van der Waals surface area contributed by atoms with Crippen LogP contribution in [0.4, 0.5) is 10.2 Å². The Labute approximate surface area is 147 Å². The van der Waals surface area contributed by atoms with Crippen molar-refractivity contribution in [2.45, 2.75) is 5.54 Å². The lowest BCUT2D eigenvalue weighted by Crippen LogP contribution is -2.71. The summed E-state index contributed by atoms with van der Waals surface area (Å²) < 4.78 is 25.0. The molecule has 2 saturated heterocycles. The molecule has 2 aliphatic heterocycles. The molecule has 0 amide bonds. The Bertz CT molecular complexity index is 1020. The van der Waals surface area contributed by atoms with E-state index < -0.39 is 17.3 Å². The molecule has 3 aromatic rings. The number of cyclic esters (lactones) is 1. The van der Waals surface area contributed by atoms with Gasteiger partial charge in [-0.3, -0.25) is 0 Å². The number of hydrogen-bond donors (Lipinski definition) is 1. The van der Waals surface area contributed by atoms with Crippen LogP contribution in [0.1, 0.15) is 0 Å². The Morgan fingerprint density at radius 2 is 2.19 bits per heavy atom. The lowest BCUT2D eigenvalue weighted by atomic mass is 9.93. The number of aromatic nitrogens is 3. The van der Waals surface area contributed by atoms with Gasteiger partial charge < -0.3 is 19.4 Å². The van der Waals surface area contributed by atoms with E-state index in [1.807, 2.05) is 30.5 Å². The molecule has 0 saturated carbocycles. The molecule has 1 N–H and O–H groups in total. The molecule has 1 unspecified atom stereocenters. The number of esters is 1. The fourth-order valence-electron chi connectivity index (χ4n) is 3.54. The third kappa shape index (κ3) is 2.05. The molecule has 1 aromatic carbocycles. The zero-order chi connectivity index (χ0) is 17.7. The molecule has 0 radical (unpaired) electrons. The summed E-state index contributed by atoms with van der Waals surface area (Å²) in [6.07, 6.45) is 2.98. The van der Waals surface area contributed by atoms with E-state index in [9.17, 15) is 9.18 Å². The van der Waals surface area contributed by atoms with E-state index in [0.717, 1.165) is 22.7 Å². The van der Waals surface area contributed by atoms with Gasteiger partial charge in [0, 0.05) is 29.2 Å². The van der Waals surface area contributed by atoms with Gasteiger partial charge in [-0.05, 0) is 12.1 Å². The Morgan fingerprint density at radius 3 is 3.00 bits per heavy atom. The van der Waals surface area contributed by atoms with Gasteiger partial charge in [-0.25, -0.2) is 19.2 Å². The number of aromatic amines is 1. The van der Waals surface area contributed by atoms with Crippen molar-refractivity contribution in [3.05, 3.63) is 42.5 Å². The van der Waals surface area contributed by atoms with Crippen LogP contribution >= 0.6 is 0 Å². The number of anilines is 1. The zero-order valence-corrected chi connectivity index (χ0v) is 13.7. The predicted octanol–water partition coefficient (Wildman–Crippen LogP) is 1.90. The minimum absolute atomic E-state index is 0.0995. The summed E-state index contributed by atoms with van der Waals surface area (Å²) in [5, 5.41) is 0.949. The first kappa shape index (κ1) is 15.3. The maximum Gasteiger partial charge on any atom is 0.338 e. The normalized spacial score (nSPS) is 22.5. The number of hydrogen-bond acceptors (Lipinski definition) is 6. The molecule has 0 bridgehead atoms. The first-order valence-electron chi connectivity index (χ1n) is 8.31. The first-order valence-corrected chi connectivity index (χ1v) is 8.31. The standard InChI is InChI=1S/C18H15FN4O3/c19-13-8-21-15(12-2-1-3-14-11(12)4-5-20-14)22-16(13)23-6-7-25-9-18(23)10-26-17(18)24/h1-5,8,20H,6-7,9-10H2. The number of halogens is 1. The highest BCUT2D eigenvalue weighted by molar-refractivity contribution is 5.94. The predicted molar refractivity (Wildman–Crippen MR) is 91.1 cm³/mol. The highest BCUT2D eigenvalue weighted by Gasteiger charge is 2.57. The van der Waals surface area contributed by atoms with Crippen molar-refractivity contribution in [3.8, 4) is 11.4 Å². The molecule has 132 valence electrons. The van der Waals surface area contributed by atoms with Gasteiger partial charge in [-0.1, -0.05) is 12.1 Å². The number of morpholine rings is 1. The molecule has 26 heavy (non-hydrogen) atoms. The topological polar surface area (TPSA) is 80.3 Å². The minimum atomic E-state index is -0.995. The van der Waals surface area contributed by atoms with Gasteiger partial charge in [0.05, 0.1) is 19.4 Å². The van der Waals surface area contributed by atoms with Crippen molar-refractivity contribution >= 4 is 22.7 Å². The second-order valence-electron chi connectivity index (χ2n) is 6.42. The van der Waals surface area contributed by atoms with E-state index >= 15 is 0 Å². The van der Waals surface area contributed by atoms with Crippen molar-refractivity contribution in [2.75, 3.05) is 31.3 Å². The Hall–Kier alpha value is -3.00. The summed E-state index contributed by atoms with van der Waals surface area (Å²) >= 11 is 0. The quantitative estimate of drug-likeness (QED) is 0.708. The van der Waals surface area contributed by atoms with Gasteiger partial charge in [-0.15, -0.1) is 0 Å². The van der Waals surface area contributed by atoms with E-state index in [4.69, 9.17) is 9.47 Å². The molecule has 4 heterocycles. The van der Waals surface area contributed by atoms with Crippen LogP contribution in [0.3, 0.4) is 0 Å². The summed E-state index contributed by atoms with van der Waals surface area (Å²) in [5.41, 5.74) is 0.746. The van der Waals surface area contributed by atoms with Crippen LogP contribution in [0, 0.1) is 5.82 Å². The number of H-pyrrole nitrogens is 1. The lowest BCUT2D eigenvalue weighted by molar-refractivity contribution is -0.181. The number of benzene rings is 1. The average molecular weight is 354 g/mol. The number of rotatable bonds is 2. The molecule has 2 fully saturated rings. The van der Waals surface area contributed by atoms with Crippen molar-refractivity contribution < 1.29 is 18.7 Å². The second-order valence-corrected chi connectivity index (χ2v) is 6.42. The third-order valence-electron chi connectivity index (χ3n) is 4.96. The molecule has 1 spiro atoms. The maximum atomic E-state index is 14.6. The van der Waals surface area contributed by atoms with Crippen molar-refractivity contribution in [3.63, 3.8) is 0 Å². The van der Waals surface area contributed by atoms with Crippen molar-refractivity contribution in [1.29, 1.82) is 0 Å². The zero-order valence-electron chi connectivity index (χ0n) is 13.7. The lowest BCUT2D eigenvalue weighted by Gasteiger charge is -2.49. The van der Waals surface area contributed by atoms with Crippen molar-refractivity contribution in [1.82, 2.24) is 15.0 Å².